The van der Waals surface area contributed by atoms with Gasteiger partial charge in [0.25, 0.3) is 0 Å². The molecule has 3 heteroatoms. The normalized spacial score (nSPS) is 12.6. The second kappa shape index (κ2) is 6.36. The number of anilines is 1. The van der Waals surface area contributed by atoms with Crippen molar-refractivity contribution in [3.8, 4) is 0 Å². The molecule has 3 N–H and O–H groups in total. The van der Waals surface area contributed by atoms with E-state index in [-0.39, 0.29) is 0 Å². The molecule has 2 rings (SSSR count). The second-order valence-electron chi connectivity index (χ2n) is 4.80. The molecule has 1 heterocycles. The Kier molecular flexibility index (Phi) is 4.53. The molecule has 1 aromatic heterocycles. The summed E-state index contributed by atoms with van der Waals surface area (Å²) in [6.45, 7) is 3.91. The summed E-state index contributed by atoms with van der Waals surface area (Å²) < 4.78 is 0. The Bertz CT molecular complexity index is 496. The van der Waals surface area contributed by atoms with Crippen molar-refractivity contribution in [1.82, 2.24) is 4.98 Å². The lowest BCUT2D eigenvalue weighted by Crippen LogP contribution is -2.12. The molecule has 18 heavy (non-hydrogen) atoms. The SMILES string of the molecule is CC(CN)CCCNc1ccc2ccccc2n1. The van der Waals surface area contributed by atoms with Crippen LogP contribution in [-0.2, 0) is 0 Å². The number of aromatic nitrogens is 1. The summed E-state index contributed by atoms with van der Waals surface area (Å²) in [7, 11) is 0. The summed E-state index contributed by atoms with van der Waals surface area (Å²) in [5.74, 6) is 1.56. The van der Waals surface area contributed by atoms with Crippen LogP contribution in [0.1, 0.15) is 19.8 Å². The van der Waals surface area contributed by atoms with Crippen molar-refractivity contribution >= 4 is 16.7 Å². The van der Waals surface area contributed by atoms with Crippen molar-refractivity contribution in [2.75, 3.05) is 18.4 Å². The standard InChI is InChI=1S/C15H21N3/c1-12(11-16)5-4-10-17-15-9-8-13-6-2-3-7-14(13)18-15/h2-3,6-9,12H,4-5,10-11,16H2,1H3,(H,17,18). The summed E-state index contributed by atoms with van der Waals surface area (Å²) >= 11 is 0. The van der Waals surface area contributed by atoms with Crippen LogP contribution in [0.4, 0.5) is 5.82 Å². The fourth-order valence-electron chi connectivity index (χ4n) is 1.95. The van der Waals surface area contributed by atoms with Gasteiger partial charge < -0.3 is 11.1 Å². The molecular formula is C15H21N3. The molecule has 1 atom stereocenters. The van der Waals surface area contributed by atoms with Gasteiger partial charge >= 0.3 is 0 Å². The number of rotatable bonds is 6. The smallest absolute Gasteiger partial charge is 0.126 e. The Morgan fingerprint density at radius 3 is 2.89 bits per heavy atom. The third kappa shape index (κ3) is 3.44. The van der Waals surface area contributed by atoms with Crippen LogP contribution in [-0.4, -0.2) is 18.1 Å². The third-order valence-corrected chi connectivity index (χ3v) is 3.18. The molecule has 96 valence electrons. The zero-order chi connectivity index (χ0) is 12.8. The number of pyridine rings is 1. The van der Waals surface area contributed by atoms with Crippen LogP contribution in [0, 0.1) is 5.92 Å². The van der Waals surface area contributed by atoms with Crippen molar-refractivity contribution in [3.05, 3.63) is 36.4 Å². The summed E-state index contributed by atoms with van der Waals surface area (Å²) in [5.41, 5.74) is 6.63. The van der Waals surface area contributed by atoms with Gasteiger partial charge in [0.05, 0.1) is 5.52 Å². The number of nitrogens with one attached hydrogen (secondary N) is 1. The highest BCUT2D eigenvalue weighted by atomic mass is 15.0. The first kappa shape index (κ1) is 12.8. The average Bonchev–Trinajstić information content (AvgIpc) is 2.43. The topological polar surface area (TPSA) is 50.9 Å². The number of hydrogen-bond acceptors (Lipinski definition) is 3. The molecule has 2 aromatic rings. The highest BCUT2D eigenvalue weighted by Gasteiger charge is 2.00. The highest BCUT2D eigenvalue weighted by molar-refractivity contribution is 5.79. The Hall–Kier alpha value is -1.61. The molecule has 0 saturated heterocycles. The van der Waals surface area contributed by atoms with Crippen LogP contribution < -0.4 is 11.1 Å². The molecule has 0 amide bonds. The minimum atomic E-state index is 0.608. The molecule has 0 bridgehead atoms. The summed E-state index contributed by atoms with van der Waals surface area (Å²) in [4.78, 5) is 4.58. The van der Waals surface area contributed by atoms with E-state index in [1.165, 1.54) is 5.39 Å². The van der Waals surface area contributed by atoms with Gasteiger partial charge in [-0.1, -0.05) is 25.1 Å². The quantitative estimate of drug-likeness (QED) is 0.767. The van der Waals surface area contributed by atoms with Gasteiger partial charge in [0.2, 0.25) is 0 Å². The first-order chi connectivity index (χ1) is 8.79. The van der Waals surface area contributed by atoms with Gasteiger partial charge in [-0.25, -0.2) is 4.98 Å². The van der Waals surface area contributed by atoms with Crippen LogP contribution in [0.25, 0.3) is 10.9 Å². The van der Waals surface area contributed by atoms with E-state index < -0.39 is 0 Å². The Labute approximate surface area is 108 Å². The van der Waals surface area contributed by atoms with E-state index in [9.17, 15) is 0 Å². The minimum absolute atomic E-state index is 0.608. The van der Waals surface area contributed by atoms with E-state index in [1.807, 2.05) is 24.3 Å². The Balaban J connectivity index is 1.88. The molecule has 1 unspecified atom stereocenters. The van der Waals surface area contributed by atoms with Crippen molar-refractivity contribution in [2.45, 2.75) is 19.8 Å². The van der Waals surface area contributed by atoms with Crippen LogP contribution in [0.3, 0.4) is 0 Å². The molecule has 0 radical (unpaired) electrons. The van der Waals surface area contributed by atoms with Crippen LogP contribution in [0.15, 0.2) is 36.4 Å². The maximum atomic E-state index is 5.59. The molecule has 1 aromatic carbocycles. The lowest BCUT2D eigenvalue weighted by Gasteiger charge is -2.09. The largest absolute Gasteiger partial charge is 0.370 e. The van der Waals surface area contributed by atoms with E-state index in [2.05, 4.69) is 29.4 Å². The van der Waals surface area contributed by atoms with E-state index in [1.54, 1.807) is 0 Å². The van der Waals surface area contributed by atoms with Gasteiger partial charge in [-0.15, -0.1) is 0 Å². The van der Waals surface area contributed by atoms with Crippen LogP contribution in [0.5, 0.6) is 0 Å². The minimum Gasteiger partial charge on any atom is -0.370 e. The van der Waals surface area contributed by atoms with Gasteiger partial charge in [-0.3, -0.25) is 0 Å². The van der Waals surface area contributed by atoms with Gasteiger partial charge in [0.15, 0.2) is 0 Å². The molecule has 0 spiro atoms. The summed E-state index contributed by atoms with van der Waals surface area (Å²) in [5, 5.41) is 4.54. The number of nitrogens with two attached hydrogens (primary N) is 1. The predicted octanol–water partition coefficient (Wildman–Crippen LogP) is 3.02. The molecule has 3 nitrogen and oxygen atoms in total. The highest BCUT2D eigenvalue weighted by Crippen LogP contribution is 2.14. The van der Waals surface area contributed by atoms with Gasteiger partial charge in [-0.05, 0) is 43.5 Å². The van der Waals surface area contributed by atoms with Gasteiger partial charge in [0, 0.05) is 11.9 Å². The van der Waals surface area contributed by atoms with Gasteiger partial charge in [0.1, 0.15) is 5.82 Å². The molecular weight excluding hydrogens is 222 g/mol. The number of para-hydroxylation sites is 1. The monoisotopic (exact) mass is 243 g/mol. The van der Waals surface area contributed by atoms with E-state index in [0.29, 0.717) is 5.92 Å². The molecule has 0 fully saturated rings. The zero-order valence-corrected chi connectivity index (χ0v) is 10.9. The van der Waals surface area contributed by atoms with Crippen LogP contribution in [0.2, 0.25) is 0 Å². The van der Waals surface area contributed by atoms with Crippen molar-refractivity contribution in [2.24, 2.45) is 11.7 Å². The fourth-order valence-corrected chi connectivity index (χ4v) is 1.95. The molecule has 0 aliphatic carbocycles. The van der Waals surface area contributed by atoms with Gasteiger partial charge in [-0.2, -0.15) is 0 Å². The maximum absolute atomic E-state index is 5.59. The van der Waals surface area contributed by atoms with Crippen molar-refractivity contribution in [3.63, 3.8) is 0 Å². The summed E-state index contributed by atoms with van der Waals surface area (Å²) in [6.07, 6.45) is 2.30. The number of fused-ring (bicyclic) bond motifs is 1. The first-order valence-electron chi connectivity index (χ1n) is 6.59. The molecule has 0 aliphatic rings. The van der Waals surface area contributed by atoms with Crippen LogP contribution >= 0.6 is 0 Å². The second-order valence-corrected chi connectivity index (χ2v) is 4.80. The number of hydrogen-bond donors (Lipinski definition) is 2. The van der Waals surface area contributed by atoms with E-state index in [4.69, 9.17) is 5.73 Å². The lowest BCUT2D eigenvalue weighted by atomic mass is 10.1. The molecule has 0 saturated carbocycles. The van der Waals surface area contributed by atoms with Crippen molar-refractivity contribution in [1.29, 1.82) is 0 Å². The Morgan fingerprint density at radius 1 is 1.22 bits per heavy atom. The van der Waals surface area contributed by atoms with E-state index >= 15 is 0 Å². The maximum Gasteiger partial charge on any atom is 0.126 e. The predicted molar refractivity (Wildman–Crippen MR) is 77.7 cm³/mol. The third-order valence-electron chi connectivity index (χ3n) is 3.18. The molecule has 0 aliphatic heterocycles. The number of benzene rings is 1. The van der Waals surface area contributed by atoms with Crippen molar-refractivity contribution < 1.29 is 0 Å². The Morgan fingerprint density at radius 2 is 2.06 bits per heavy atom. The zero-order valence-electron chi connectivity index (χ0n) is 10.9. The lowest BCUT2D eigenvalue weighted by molar-refractivity contribution is 0.529. The first-order valence-corrected chi connectivity index (χ1v) is 6.59. The summed E-state index contributed by atoms with van der Waals surface area (Å²) in [6, 6.07) is 12.3. The average molecular weight is 243 g/mol. The fraction of sp³-hybridized carbons (Fsp3) is 0.400. The van der Waals surface area contributed by atoms with E-state index in [0.717, 1.165) is 37.3 Å². The number of nitrogens with zero attached hydrogens (tertiary/aromatic N) is 1.